The first kappa shape index (κ1) is 12.5. The smallest absolute Gasteiger partial charge is 0.413 e. The molecule has 2 aromatic heterocycles. The standard InChI is InChI=1S/C10H9BrN2O2S2/c1-2-15-10(14)13-9-12-5-7(17-9)6-3-4-8(11)16-6/h3-5H,2H2,1H3,(H,12,13,14). The fourth-order valence-electron chi connectivity index (χ4n) is 1.15. The molecule has 0 aliphatic rings. The van der Waals surface area contributed by atoms with Crippen LogP contribution in [0.1, 0.15) is 6.92 Å². The lowest BCUT2D eigenvalue weighted by atomic mass is 10.4. The van der Waals surface area contributed by atoms with Gasteiger partial charge < -0.3 is 4.74 Å². The van der Waals surface area contributed by atoms with Crippen LogP contribution in [0.5, 0.6) is 0 Å². The number of nitrogens with zero attached hydrogens (tertiary/aromatic N) is 1. The van der Waals surface area contributed by atoms with E-state index in [1.54, 1.807) is 24.5 Å². The second kappa shape index (κ2) is 5.61. The van der Waals surface area contributed by atoms with E-state index in [0.29, 0.717) is 11.7 Å². The Balaban J connectivity index is 2.08. The van der Waals surface area contributed by atoms with Crippen molar-refractivity contribution in [2.45, 2.75) is 6.92 Å². The summed E-state index contributed by atoms with van der Waals surface area (Å²) in [6.45, 7) is 2.11. The van der Waals surface area contributed by atoms with Crippen molar-refractivity contribution in [3.63, 3.8) is 0 Å². The fraction of sp³-hybridized carbons (Fsp3) is 0.200. The Morgan fingerprint density at radius 1 is 1.47 bits per heavy atom. The van der Waals surface area contributed by atoms with Gasteiger partial charge in [0.05, 0.1) is 15.3 Å². The van der Waals surface area contributed by atoms with Gasteiger partial charge in [0.25, 0.3) is 0 Å². The van der Waals surface area contributed by atoms with Crippen LogP contribution in [-0.2, 0) is 4.74 Å². The Hall–Kier alpha value is -0.920. The third kappa shape index (κ3) is 3.27. The molecular weight excluding hydrogens is 324 g/mol. The maximum atomic E-state index is 11.2. The van der Waals surface area contributed by atoms with Gasteiger partial charge in [0.1, 0.15) is 0 Å². The molecule has 0 bridgehead atoms. The van der Waals surface area contributed by atoms with Crippen molar-refractivity contribution in [1.29, 1.82) is 0 Å². The van der Waals surface area contributed by atoms with E-state index >= 15 is 0 Å². The van der Waals surface area contributed by atoms with Crippen molar-refractivity contribution in [1.82, 2.24) is 4.98 Å². The van der Waals surface area contributed by atoms with Crippen molar-refractivity contribution < 1.29 is 9.53 Å². The van der Waals surface area contributed by atoms with Gasteiger partial charge in [0.15, 0.2) is 5.13 Å². The third-order valence-electron chi connectivity index (χ3n) is 1.81. The molecule has 0 saturated carbocycles. The number of aromatic nitrogens is 1. The summed E-state index contributed by atoms with van der Waals surface area (Å²) in [6.07, 6.45) is 1.27. The Bertz CT molecular complexity index is 524. The molecule has 0 atom stereocenters. The molecule has 0 aliphatic carbocycles. The number of nitrogens with one attached hydrogen (secondary N) is 1. The maximum Gasteiger partial charge on any atom is 0.413 e. The molecule has 0 aliphatic heterocycles. The van der Waals surface area contributed by atoms with Crippen LogP contribution in [0.4, 0.5) is 9.93 Å². The predicted octanol–water partition coefficient (Wildman–Crippen LogP) is 4.20. The van der Waals surface area contributed by atoms with Crippen LogP contribution in [0.2, 0.25) is 0 Å². The molecule has 0 spiro atoms. The van der Waals surface area contributed by atoms with Crippen molar-refractivity contribution in [2.75, 3.05) is 11.9 Å². The molecule has 0 fully saturated rings. The number of halogens is 1. The molecule has 2 rings (SSSR count). The molecular formula is C10H9BrN2O2S2. The second-order valence-corrected chi connectivity index (χ2v) is 6.47. The molecule has 1 amide bonds. The minimum atomic E-state index is -0.472. The molecule has 17 heavy (non-hydrogen) atoms. The van der Waals surface area contributed by atoms with Gasteiger partial charge >= 0.3 is 6.09 Å². The van der Waals surface area contributed by atoms with E-state index in [4.69, 9.17) is 4.74 Å². The first-order valence-electron chi connectivity index (χ1n) is 4.84. The number of anilines is 1. The molecule has 0 radical (unpaired) electrons. The Morgan fingerprint density at radius 2 is 2.29 bits per heavy atom. The van der Waals surface area contributed by atoms with Gasteiger partial charge in [-0.25, -0.2) is 9.78 Å². The molecule has 2 aromatic rings. The quantitative estimate of drug-likeness (QED) is 0.916. The van der Waals surface area contributed by atoms with Gasteiger partial charge in [0.2, 0.25) is 0 Å². The van der Waals surface area contributed by atoms with Crippen LogP contribution >= 0.6 is 38.6 Å². The number of hydrogen-bond acceptors (Lipinski definition) is 5. The fourth-order valence-corrected chi connectivity index (χ4v) is 3.41. The van der Waals surface area contributed by atoms with Gasteiger partial charge in [-0.1, -0.05) is 11.3 Å². The summed E-state index contributed by atoms with van der Waals surface area (Å²) in [4.78, 5) is 17.5. The van der Waals surface area contributed by atoms with E-state index in [-0.39, 0.29) is 0 Å². The first-order chi connectivity index (χ1) is 8.19. The molecule has 0 unspecified atom stereocenters. The number of carbonyl (C=O) groups is 1. The highest BCUT2D eigenvalue weighted by Crippen LogP contribution is 2.35. The maximum absolute atomic E-state index is 11.2. The van der Waals surface area contributed by atoms with E-state index in [9.17, 15) is 4.79 Å². The number of hydrogen-bond donors (Lipinski definition) is 1. The number of amides is 1. The van der Waals surface area contributed by atoms with Crippen molar-refractivity contribution in [2.24, 2.45) is 0 Å². The summed E-state index contributed by atoms with van der Waals surface area (Å²) in [7, 11) is 0. The molecule has 0 saturated heterocycles. The predicted molar refractivity (Wildman–Crippen MR) is 73.8 cm³/mol. The van der Waals surface area contributed by atoms with Crippen molar-refractivity contribution >= 4 is 49.8 Å². The highest BCUT2D eigenvalue weighted by atomic mass is 79.9. The van der Waals surface area contributed by atoms with Crippen LogP contribution in [0.3, 0.4) is 0 Å². The number of thiophene rings is 1. The highest BCUT2D eigenvalue weighted by molar-refractivity contribution is 9.11. The van der Waals surface area contributed by atoms with Gasteiger partial charge in [-0.3, -0.25) is 5.32 Å². The van der Waals surface area contributed by atoms with Crippen LogP contribution in [0.15, 0.2) is 22.1 Å². The second-order valence-electron chi connectivity index (χ2n) is 2.98. The summed E-state index contributed by atoms with van der Waals surface area (Å²) >= 11 is 6.46. The number of thiazole rings is 1. The first-order valence-corrected chi connectivity index (χ1v) is 7.27. The van der Waals surface area contributed by atoms with Crippen molar-refractivity contribution in [3.8, 4) is 9.75 Å². The normalized spacial score (nSPS) is 10.2. The van der Waals surface area contributed by atoms with Crippen LogP contribution in [0, 0.1) is 0 Å². The number of carbonyl (C=O) groups excluding carboxylic acids is 1. The molecule has 2 heterocycles. The molecule has 90 valence electrons. The zero-order chi connectivity index (χ0) is 12.3. The summed E-state index contributed by atoms with van der Waals surface area (Å²) in [5.74, 6) is 0. The zero-order valence-electron chi connectivity index (χ0n) is 8.90. The van der Waals surface area contributed by atoms with Crippen molar-refractivity contribution in [3.05, 3.63) is 22.1 Å². The average molecular weight is 333 g/mol. The zero-order valence-corrected chi connectivity index (χ0v) is 12.1. The average Bonchev–Trinajstić information content (AvgIpc) is 2.87. The molecule has 7 heteroatoms. The molecule has 4 nitrogen and oxygen atoms in total. The van der Waals surface area contributed by atoms with E-state index < -0.39 is 6.09 Å². The van der Waals surface area contributed by atoms with E-state index in [2.05, 4.69) is 26.2 Å². The van der Waals surface area contributed by atoms with Gasteiger partial charge in [-0.2, -0.15) is 0 Å². The van der Waals surface area contributed by atoms with Crippen LogP contribution < -0.4 is 5.32 Å². The lowest BCUT2D eigenvalue weighted by Crippen LogP contribution is -2.12. The summed E-state index contributed by atoms with van der Waals surface area (Å²) in [6, 6.07) is 3.99. The van der Waals surface area contributed by atoms with Gasteiger partial charge in [-0.05, 0) is 35.0 Å². The molecule has 1 N–H and O–H groups in total. The van der Waals surface area contributed by atoms with E-state index in [1.165, 1.54) is 11.3 Å². The lowest BCUT2D eigenvalue weighted by molar-refractivity contribution is 0.168. The number of ether oxygens (including phenoxy) is 1. The molecule has 0 aromatic carbocycles. The summed E-state index contributed by atoms with van der Waals surface area (Å²) < 4.78 is 5.85. The topological polar surface area (TPSA) is 51.2 Å². The van der Waals surface area contributed by atoms with Gasteiger partial charge in [0, 0.05) is 11.1 Å². The summed E-state index contributed by atoms with van der Waals surface area (Å²) in [5.41, 5.74) is 0. The largest absolute Gasteiger partial charge is 0.450 e. The number of rotatable bonds is 3. The van der Waals surface area contributed by atoms with E-state index in [0.717, 1.165) is 13.5 Å². The third-order valence-corrected chi connectivity index (χ3v) is 4.54. The van der Waals surface area contributed by atoms with E-state index in [1.807, 2.05) is 12.1 Å². The lowest BCUT2D eigenvalue weighted by Gasteiger charge is -1.99. The summed E-state index contributed by atoms with van der Waals surface area (Å²) in [5, 5.41) is 3.12. The Kier molecular flexibility index (Phi) is 4.14. The van der Waals surface area contributed by atoms with Crippen LogP contribution in [-0.4, -0.2) is 17.7 Å². The monoisotopic (exact) mass is 332 g/mol. The Morgan fingerprint density at radius 3 is 2.94 bits per heavy atom. The van der Waals surface area contributed by atoms with Gasteiger partial charge in [-0.15, -0.1) is 11.3 Å². The minimum Gasteiger partial charge on any atom is -0.450 e. The van der Waals surface area contributed by atoms with Crippen LogP contribution in [0.25, 0.3) is 9.75 Å². The minimum absolute atomic E-state index is 0.349. The SMILES string of the molecule is CCOC(=O)Nc1ncc(-c2ccc(Br)s2)s1. The Labute approximate surface area is 115 Å². The highest BCUT2D eigenvalue weighted by Gasteiger charge is 2.09.